The summed E-state index contributed by atoms with van der Waals surface area (Å²) in [4.78, 5) is 39.8. The highest BCUT2D eigenvalue weighted by atomic mass is 16.5. The molecule has 0 aliphatic rings. The molecule has 0 saturated carbocycles. The van der Waals surface area contributed by atoms with Gasteiger partial charge in [-0.1, -0.05) is 210 Å². The fourth-order valence-electron chi connectivity index (χ4n) is 7.86. The number of amides is 1. The number of hydrogen-bond acceptors (Lipinski definition) is 5. The molecule has 0 aliphatic heterocycles. The van der Waals surface area contributed by atoms with E-state index in [0.29, 0.717) is 18.4 Å². The first-order chi connectivity index (χ1) is 30.1. The molecule has 0 radical (unpaired) electrons. The molecule has 0 saturated heterocycles. The Kier molecular flexibility index (Phi) is 41.5. The van der Waals surface area contributed by atoms with Crippen LogP contribution in [0, 0.1) is 0 Å². The zero-order valence-corrected chi connectivity index (χ0v) is 40.0. The molecule has 1 rings (SSSR count). The standard InChI is InChI=1S/C55H95NO5/c1-3-5-7-9-11-13-15-17-19-21-23-25-27-29-31-33-35-37-42-46-53(57)60-50-48-56(55(59)52-44-40-39-41-45-52)49-51-61-54(58)47-43-38-36-34-32-30-28-26-24-22-20-18-16-14-12-10-8-6-4-2/h17-20,39-41,44-45H,3-16,21-38,42-43,46-51H2,1-2H3/b19-17-,20-18-. The summed E-state index contributed by atoms with van der Waals surface area (Å²) >= 11 is 0. The number of rotatable bonds is 45. The first-order valence-electron chi connectivity index (χ1n) is 26.0. The Balaban J connectivity index is 2.07. The minimum atomic E-state index is -0.211. The number of carbonyl (C=O) groups excluding carboxylic acids is 3. The third-order valence-electron chi connectivity index (χ3n) is 11.8. The van der Waals surface area contributed by atoms with Crippen LogP contribution in [0.3, 0.4) is 0 Å². The van der Waals surface area contributed by atoms with Crippen LogP contribution in [0.1, 0.15) is 255 Å². The fourth-order valence-corrected chi connectivity index (χ4v) is 7.86. The Morgan fingerprint density at radius 3 is 1.03 bits per heavy atom. The predicted octanol–water partition coefficient (Wildman–Crippen LogP) is 16.4. The summed E-state index contributed by atoms with van der Waals surface area (Å²) in [6.07, 6.45) is 53.4. The van der Waals surface area contributed by atoms with Gasteiger partial charge < -0.3 is 14.4 Å². The van der Waals surface area contributed by atoms with E-state index in [2.05, 4.69) is 38.2 Å². The smallest absolute Gasteiger partial charge is 0.305 e. The molecule has 0 heterocycles. The lowest BCUT2D eigenvalue weighted by molar-refractivity contribution is -0.144. The third-order valence-corrected chi connectivity index (χ3v) is 11.8. The van der Waals surface area contributed by atoms with Gasteiger partial charge in [-0.25, -0.2) is 0 Å². The number of esters is 2. The van der Waals surface area contributed by atoms with Crippen molar-refractivity contribution in [3.8, 4) is 0 Å². The van der Waals surface area contributed by atoms with E-state index < -0.39 is 0 Å². The maximum Gasteiger partial charge on any atom is 0.305 e. The molecule has 1 aromatic rings. The van der Waals surface area contributed by atoms with E-state index in [9.17, 15) is 14.4 Å². The quantitative estimate of drug-likeness (QED) is 0.0371. The fraction of sp³-hybridized carbons (Fsp3) is 0.764. The van der Waals surface area contributed by atoms with Crippen molar-refractivity contribution in [1.82, 2.24) is 4.90 Å². The van der Waals surface area contributed by atoms with Crippen molar-refractivity contribution in [2.75, 3.05) is 26.3 Å². The average molecular weight is 850 g/mol. The molecule has 1 amide bonds. The van der Waals surface area contributed by atoms with Gasteiger partial charge in [0.2, 0.25) is 0 Å². The molecule has 0 unspecified atom stereocenters. The van der Waals surface area contributed by atoms with Crippen LogP contribution in [0.25, 0.3) is 0 Å². The zero-order valence-electron chi connectivity index (χ0n) is 40.0. The van der Waals surface area contributed by atoms with Gasteiger partial charge in [-0.2, -0.15) is 0 Å². The highest BCUT2D eigenvalue weighted by molar-refractivity contribution is 5.94. The van der Waals surface area contributed by atoms with Crippen molar-refractivity contribution in [2.24, 2.45) is 0 Å². The topological polar surface area (TPSA) is 72.9 Å². The van der Waals surface area contributed by atoms with Crippen LogP contribution in [0.2, 0.25) is 0 Å². The number of nitrogens with zero attached hydrogens (tertiary/aromatic N) is 1. The second-order valence-electron chi connectivity index (χ2n) is 17.6. The van der Waals surface area contributed by atoms with Gasteiger partial charge in [-0.15, -0.1) is 0 Å². The summed E-state index contributed by atoms with van der Waals surface area (Å²) in [5, 5.41) is 0. The number of carbonyl (C=O) groups is 3. The average Bonchev–Trinajstić information content (AvgIpc) is 3.27. The molecule has 0 atom stereocenters. The summed E-state index contributed by atoms with van der Waals surface area (Å²) in [5.74, 6) is -0.576. The number of allylic oxidation sites excluding steroid dienone is 4. The van der Waals surface area contributed by atoms with Gasteiger partial charge in [0.1, 0.15) is 13.2 Å². The van der Waals surface area contributed by atoms with E-state index in [1.165, 1.54) is 180 Å². The van der Waals surface area contributed by atoms with E-state index in [4.69, 9.17) is 9.47 Å². The minimum Gasteiger partial charge on any atom is -0.464 e. The number of ether oxygens (including phenoxy) is 2. The van der Waals surface area contributed by atoms with Gasteiger partial charge in [0, 0.05) is 18.4 Å². The van der Waals surface area contributed by atoms with Crippen molar-refractivity contribution >= 4 is 17.8 Å². The molecule has 61 heavy (non-hydrogen) atoms. The number of hydrogen-bond donors (Lipinski definition) is 0. The largest absolute Gasteiger partial charge is 0.464 e. The van der Waals surface area contributed by atoms with Crippen LogP contribution < -0.4 is 0 Å². The molecular formula is C55H95NO5. The second kappa shape index (κ2) is 45.1. The predicted molar refractivity (Wildman–Crippen MR) is 260 cm³/mol. The van der Waals surface area contributed by atoms with Gasteiger partial charge in [-0.3, -0.25) is 14.4 Å². The van der Waals surface area contributed by atoms with Crippen molar-refractivity contribution in [3.63, 3.8) is 0 Å². The first kappa shape index (κ1) is 56.1. The minimum absolute atomic E-state index is 0.136. The monoisotopic (exact) mass is 850 g/mol. The van der Waals surface area contributed by atoms with Crippen LogP contribution in [0.4, 0.5) is 0 Å². The van der Waals surface area contributed by atoms with Gasteiger partial charge in [-0.05, 0) is 76.3 Å². The molecule has 0 fully saturated rings. The number of benzene rings is 1. The van der Waals surface area contributed by atoms with Gasteiger partial charge in [0.25, 0.3) is 5.91 Å². The Morgan fingerprint density at radius 2 is 0.705 bits per heavy atom. The molecule has 6 nitrogen and oxygen atoms in total. The number of unbranched alkanes of at least 4 members (excludes halogenated alkanes) is 30. The molecule has 0 aliphatic carbocycles. The van der Waals surface area contributed by atoms with Gasteiger partial charge in [0.05, 0.1) is 13.1 Å². The summed E-state index contributed by atoms with van der Waals surface area (Å²) in [7, 11) is 0. The molecule has 0 bridgehead atoms. The van der Waals surface area contributed by atoms with E-state index in [1.54, 1.807) is 17.0 Å². The lowest BCUT2D eigenvalue weighted by Gasteiger charge is -2.22. The van der Waals surface area contributed by atoms with Crippen molar-refractivity contribution in [1.29, 1.82) is 0 Å². The lowest BCUT2D eigenvalue weighted by Crippen LogP contribution is -2.37. The summed E-state index contributed by atoms with van der Waals surface area (Å²) in [6.45, 7) is 5.35. The van der Waals surface area contributed by atoms with Crippen molar-refractivity contribution in [3.05, 3.63) is 60.2 Å². The Labute approximate surface area is 376 Å². The Hall–Kier alpha value is -2.89. The molecular weight excluding hydrogens is 755 g/mol. The summed E-state index contributed by atoms with van der Waals surface area (Å²) in [6, 6.07) is 9.10. The van der Waals surface area contributed by atoms with Crippen LogP contribution in [0.15, 0.2) is 54.6 Å². The highest BCUT2D eigenvalue weighted by Crippen LogP contribution is 2.15. The maximum atomic E-state index is 13.3. The van der Waals surface area contributed by atoms with Crippen molar-refractivity contribution < 1.29 is 23.9 Å². The first-order valence-corrected chi connectivity index (χ1v) is 26.0. The van der Waals surface area contributed by atoms with Crippen molar-refractivity contribution in [2.45, 2.75) is 245 Å². The SMILES string of the molecule is CCCCCCCC/C=C\CCCCCCCCCCCC(=O)OCCN(CCOC(=O)CCCCCCCCCCC/C=C\CCCCCCCC)C(=O)c1ccccc1. The molecule has 350 valence electrons. The van der Waals surface area contributed by atoms with Crippen LogP contribution >= 0.6 is 0 Å². The van der Waals surface area contributed by atoms with E-state index in [1.807, 2.05) is 18.2 Å². The Bertz CT molecular complexity index is 1110. The van der Waals surface area contributed by atoms with Crippen LogP contribution in [0.5, 0.6) is 0 Å². The van der Waals surface area contributed by atoms with E-state index >= 15 is 0 Å². The van der Waals surface area contributed by atoms with Crippen LogP contribution in [-0.2, 0) is 19.1 Å². The zero-order chi connectivity index (χ0) is 43.9. The maximum absolute atomic E-state index is 13.3. The normalized spacial score (nSPS) is 11.5. The van der Waals surface area contributed by atoms with Gasteiger partial charge in [0.15, 0.2) is 0 Å². The lowest BCUT2D eigenvalue weighted by atomic mass is 10.1. The molecule has 0 N–H and O–H groups in total. The Morgan fingerprint density at radius 1 is 0.410 bits per heavy atom. The van der Waals surface area contributed by atoms with E-state index in [-0.39, 0.29) is 44.1 Å². The summed E-state index contributed by atoms with van der Waals surface area (Å²) in [5.41, 5.74) is 0.567. The molecule has 1 aromatic carbocycles. The second-order valence-corrected chi connectivity index (χ2v) is 17.6. The molecule has 6 heteroatoms. The molecule has 0 spiro atoms. The highest BCUT2D eigenvalue weighted by Gasteiger charge is 2.17. The third kappa shape index (κ3) is 38.5. The van der Waals surface area contributed by atoms with Gasteiger partial charge >= 0.3 is 11.9 Å². The summed E-state index contributed by atoms with van der Waals surface area (Å²) < 4.78 is 11.0. The molecule has 0 aromatic heterocycles. The van der Waals surface area contributed by atoms with Crippen LogP contribution in [-0.4, -0.2) is 49.0 Å². The van der Waals surface area contributed by atoms with E-state index in [0.717, 1.165) is 38.5 Å².